The second-order valence-electron chi connectivity index (χ2n) is 5.85. The van der Waals surface area contributed by atoms with Crippen LogP contribution < -0.4 is 5.73 Å². The molecule has 1 amide bonds. The van der Waals surface area contributed by atoms with Gasteiger partial charge in [0.15, 0.2) is 0 Å². The number of nitrogens with two attached hydrogens (primary N) is 1. The van der Waals surface area contributed by atoms with Gasteiger partial charge in [-0.1, -0.05) is 20.3 Å². The summed E-state index contributed by atoms with van der Waals surface area (Å²) < 4.78 is 2.00. The summed E-state index contributed by atoms with van der Waals surface area (Å²) in [4.78, 5) is 14.7. The van der Waals surface area contributed by atoms with Crippen molar-refractivity contribution in [3.8, 4) is 0 Å². The van der Waals surface area contributed by atoms with Crippen LogP contribution in [0.3, 0.4) is 0 Å². The van der Waals surface area contributed by atoms with Gasteiger partial charge in [-0.25, -0.2) is 0 Å². The lowest BCUT2D eigenvalue weighted by molar-refractivity contribution is 0.0749. The highest BCUT2D eigenvalue weighted by molar-refractivity contribution is 5.93. The summed E-state index contributed by atoms with van der Waals surface area (Å²) in [7, 11) is 0. The number of nitrogens with zero attached hydrogens (tertiary/aromatic N) is 2. The molecule has 1 aromatic rings. The largest absolute Gasteiger partial charge is 0.397 e. The van der Waals surface area contributed by atoms with Gasteiger partial charge >= 0.3 is 0 Å². The molecule has 0 bridgehead atoms. The predicted octanol–water partition coefficient (Wildman–Crippen LogP) is 3.13. The van der Waals surface area contributed by atoms with E-state index in [1.54, 1.807) is 0 Å². The summed E-state index contributed by atoms with van der Waals surface area (Å²) in [6.07, 6.45) is 7.61. The summed E-state index contributed by atoms with van der Waals surface area (Å²) in [5.74, 6) is 0.923. The second-order valence-corrected chi connectivity index (χ2v) is 5.85. The van der Waals surface area contributed by atoms with Gasteiger partial charge in [0.05, 0.1) is 5.69 Å². The van der Waals surface area contributed by atoms with Crippen LogP contribution in [0.15, 0.2) is 12.3 Å². The number of carbonyl (C=O) groups is 1. The highest BCUT2D eigenvalue weighted by Gasteiger charge is 2.23. The molecule has 1 aliphatic heterocycles. The molecule has 4 heteroatoms. The number of hydrogen-bond acceptors (Lipinski definition) is 2. The number of rotatable bonds is 4. The molecule has 1 fully saturated rings. The van der Waals surface area contributed by atoms with Crippen LogP contribution >= 0.6 is 0 Å². The highest BCUT2D eigenvalue weighted by atomic mass is 16.2. The Morgan fingerprint density at radius 3 is 2.85 bits per heavy atom. The van der Waals surface area contributed by atoms with E-state index in [4.69, 9.17) is 5.73 Å². The van der Waals surface area contributed by atoms with Crippen LogP contribution in [-0.2, 0) is 6.54 Å². The van der Waals surface area contributed by atoms with E-state index < -0.39 is 0 Å². The van der Waals surface area contributed by atoms with E-state index in [1.165, 1.54) is 12.8 Å². The molecule has 1 aliphatic rings. The fraction of sp³-hybridized carbons (Fsp3) is 0.688. The van der Waals surface area contributed by atoms with Gasteiger partial charge < -0.3 is 15.2 Å². The van der Waals surface area contributed by atoms with E-state index >= 15 is 0 Å². The molecular weight excluding hydrogens is 250 g/mol. The number of amides is 1. The average molecular weight is 277 g/mol. The molecule has 2 N–H and O–H groups in total. The van der Waals surface area contributed by atoms with Crippen LogP contribution in [0.1, 0.15) is 56.4 Å². The molecule has 0 spiro atoms. The predicted molar refractivity (Wildman–Crippen MR) is 82.7 cm³/mol. The summed E-state index contributed by atoms with van der Waals surface area (Å²) >= 11 is 0. The quantitative estimate of drug-likeness (QED) is 0.919. The van der Waals surface area contributed by atoms with Gasteiger partial charge in [0.25, 0.3) is 5.91 Å². The first-order valence-corrected chi connectivity index (χ1v) is 7.90. The first-order valence-electron chi connectivity index (χ1n) is 7.90. The smallest absolute Gasteiger partial charge is 0.270 e. The SMILES string of the molecule is CCCn1cc(N)cc1C(=O)N1CCCC(CC)CC1. The molecule has 2 heterocycles. The molecule has 112 valence electrons. The lowest BCUT2D eigenvalue weighted by Crippen LogP contribution is -2.33. The van der Waals surface area contributed by atoms with Crippen molar-refractivity contribution >= 4 is 11.6 Å². The van der Waals surface area contributed by atoms with Crippen molar-refractivity contribution in [2.45, 2.75) is 52.5 Å². The van der Waals surface area contributed by atoms with Gasteiger partial charge in [-0.05, 0) is 37.7 Å². The molecule has 0 saturated carbocycles. The van der Waals surface area contributed by atoms with E-state index in [1.807, 2.05) is 21.7 Å². The van der Waals surface area contributed by atoms with Gasteiger partial charge in [0.1, 0.15) is 5.69 Å². The Kier molecular flexibility index (Phi) is 5.10. The summed E-state index contributed by atoms with van der Waals surface area (Å²) in [5, 5.41) is 0. The lowest BCUT2D eigenvalue weighted by Gasteiger charge is -2.21. The number of aromatic nitrogens is 1. The van der Waals surface area contributed by atoms with Crippen molar-refractivity contribution in [2.75, 3.05) is 18.8 Å². The zero-order chi connectivity index (χ0) is 14.5. The van der Waals surface area contributed by atoms with E-state index in [0.29, 0.717) is 5.69 Å². The second kappa shape index (κ2) is 6.82. The first kappa shape index (κ1) is 14.9. The van der Waals surface area contributed by atoms with Crippen LogP contribution in [0.2, 0.25) is 0 Å². The van der Waals surface area contributed by atoms with Crippen LogP contribution in [0.5, 0.6) is 0 Å². The Labute approximate surface area is 121 Å². The Hall–Kier alpha value is -1.45. The van der Waals surface area contributed by atoms with Crippen molar-refractivity contribution in [1.29, 1.82) is 0 Å². The molecule has 0 aliphatic carbocycles. The van der Waals surface area contributed by atoms with Crippen LogP contribution in [0.25, 0.3) is 0 Å². The van der Waals surface area contributed by atoms with E-state index in [-0.39, 0.29) is 5.91 Å². The van der Waals surface area contributed by atoms with Gasteiger partial charge in [-0.3, -0.25) is 4.79 Å². The molecule has 0 aromatic carbocycles. The maximum atomic E-state index is 12.7. The maximum Gasteiger partial charge on any atom is 0.270 e. The first-order chi connectivity index (χ1) is 9.65. The Balaban J connectivity index is 2.10. The third kappa shape index (κ3) is 3.35. The van der Waals surface area contributed by atoms with Crippen molar-refractivity contribution in [2.24, 2.45) is 5.92 Å². The monoisotopic (exact) mass is 277 g/mol. The maximum absolute atomic E-state index is 12.7. The van der Waals surface area contributed by atoms with Crippen molar-refractivity contribution in [1.82, 2.24) is 9.47 Å². The normalized spacial score (nSPS) is 19.9. The number of likely N-dealkylation sites (tertiary alicyclic amines) is 1. The third-order valence-electron chi connectivity index (χ3n) is 4.31. The van der Waals surface area contributed by atoms with Crippen LogP contribution in [0, 0.1) is 5.92 Å². The molecule has 1 aromatic heterocycles. The standard InChI is InChI=1S/C16H27N3O/c1-3-8-19-12-14(17)11-15(19)16(20)18-9-5-6-13(4-2)7-10-18/h11-13H,3-10,17H2,1-2H3. The van der Waals surface area contributed by atoms with Crippen molar-refractivity contribution in [3.63, 3.8) is 0 Å². The Morgan fingerprint density at radius 2 is 2.15 bits per heavy atom. The minimum absolute atomic E-state index is 0.145. The summed E-state index contributed by atoms with van der Waals surface area (Å²) in [6.45, 7) is 6.97. The van der Waals surface area contributed by atoms with E-state index in [2.05, 4.69) is 13.8 Å². The molecule has 20 heavy (non-hydrogen) atoms. The lowest BCUT2D eigenvalue weighted by atomic mass is 9.98. The number of nitrogen functional groups attached to an aromatic ring is 1. The number of aryl methyl sites for hydroxylation is 1. The zero-order valence-electron chi connectivity index (χ0n) is 12.8. The average Bonchev–Trinajstić information content (AvgIpc) is 2.66. The Morgan fingerprint density at radius 1 is 1.35 bits per heavy atom. The van der Waals surface area contributed by atoms with Gasteiger partial charge in [-0.2, -0.15) is 0 Å². The Bertz CT molecular complexity index is 453. The topological polar surface area (TPSA) is 51.3 Å². The van der Waals surface area contributed by atoms with Gasteiger partial charge in [0, 0.05) is 25.8 Å². The minimum Gasteiger partial charge on any atom is -0.397 e. The van der Waals surface area contributed by atoms with Crippen molar-refractivity contribution < 1.29 is 4.79 Å². The highest BCUT2D eigenvalue weighted by Crippen LogP contribution is 2.22. The third-order valence-corrected chi connectivity index (χ3v) is 4.31. The van der Waals surface area contributed by atoms with Crippen molar-refractivity contribution in [3.05, 3.63) is 18.0 Å². The zero-order valence-corrected chi connectivity index (χ0v) is 12.8. The minimum atomic E-state index is 0.145. The van der Waals surface area contributed by atoms with Gasteiger partial charge in [-0.15, -0.1) is 0 Å². The molecule has 0 radical (unpaired) electrons. The molecule has 4 nitrogen and oxygen atoms in total. The molecular formula is C16H27N3O. The van der Waals surface area contributed by atoms with E-state index in [9.17, 15) is 4.79 Å². The fourth-order valence-corrected chi connectivity index (χ4v) is 3.08. The number of hydrogen-bond donors (Lipinski definition) is 1. The molecule has 1 saturated heterocycles. The molecule has 1 atom stereocenters. The van der Waals surface area contributed by atoms with Crippen LogP contribution in [0.4, 0.5) is 5.69 Å². The fourth-order valence-electron chi connectivity index (χ4n) is 3.08. The molecule has 2 rings (SSSR count). The van der Waals surface area contributed by atoms with Crippen LogP contribution in [-0.4, -0.2) is 28.5 Å². The van der Waals surface area contributed by atoms with E-state index in [0.717, 1.165) is 50.5 Å². The molecule has 1 unspecified atom stereocenters. The van der Waals surface area contributed by atoms with Gasteiger partial charge in [0.2, 0.25) is 0 Å². The number of anilines is 1. The number of carbonyl (C=O) groups excluding carboxylic acids is 1. The summed E-state index contributed by atoms with van der Waals surface area (Å²) in [6, 6.07) is 1.82. The summed E-state index contributed by atoms with van der Waals surface area (Å²) in [5.41, 5.74) is 7.29.